The molecule has 0 aliphatic carbocycles. The Labute approximate surface area is 217 Å². The third-order valence-electron chi connectivity index (χ3n) is 6.67. The van der Waals surface area contributed by atoms with E-state index in [1.165, 1.54) is 18.2 Å². The van der Waals surface area contributed by atoms with Gasteiger partial charge in [-0.15, -0.1) is 0 Å². The van der Waals surface area contributed by atoms with Crippen LogP contribution in [-0.4, -0.2) is 51.8 Å². The summed E-state index contributed by atoms with van der Waals surface area (Å²) in [6.45, 7) is 1.21. The highest BCUT2D eigenvalue weighted by Crippen LogP contribution is 2.32. The molecule has 190 valence electrons. The van der Waals surface area contributed by atoms with Gasteiger partial charge in [0.05, 0.1) is 16.8 Å². The molecule has 4 aromatic rings. The highest BCUT2D eigenvalue weighted by atomic mass is 35.5. The van der Waals surface area contributed by atoms with Gasteiger partial charge < -0.3 is 16.0 Å². The molecule has 37 heavy (non-hydrogen) atoms. The number of amides is 1. The minimum absolute atomic E-state index is 0.0279. The maximum Gasteiger partial charge on any atom is 0.254 e. The summed E-state index contributed by atoms with van der Waals surface area (Å²) in [6.07, 6.45) is 5.19. The zero-order valence-electron chi connectivity index (χ0n) is 20.3. The molecule has 1 saturated heterocycles. The summed E-state index contributed by atoms with van der Waals surface area (Å²) in [4.78, 5) is 19.4. The summed E-state index contributed by atoms with van der Waals surface area (Å²) in [5, 5.41) is 7.15. The topological polar surface area (TPSA) is 89.1 Å². The summed E-state index contributed by atoms with van der Waals surface area (Å²) in [6, 6.07) is 10.5. The first-order valence-corrected chi connectivity index (χ1v) is 12.1. The van der Waals surface area contributed by atoms with Crippen LogP contribution in [0.2, 0.25) is 5.02 Å². The van der Waals surface area contributed by atoms with Crippen molar-refractivity contribution in [2.75, 3.05) is 25.9 Å². The number of benzene rings is 2. The number of carbonyl (C=O) groups is 1. The average molecular weight is 523 g/mol. The molecule has 2 atom stereocenters. The van der Waals surface area contributed by atoms with Crippen molar-refractivity contribution in [2.45, 2.75) is 12.0 Å². The van der Waals surface area contributed by atoms with Gasteiger partial charge >= 0.3 is 0 Å². The van der Waals surface area contributed by atoms with Crippen molar-refractivity contribution >= 4 is 23.3 Å². The maximum absolute atomic E-state index is 15.2. The van der Waals surface area contributed by atoms with Gasteiger partial charge in [0.1, 0.15) is 17.5 Å². The molecule has 3 heterocycles. The molecule has 2 aromatic heterocycles. The van der Waals surface area contributed by atoms with Crippen LogP contribution in [0.15, 0.2) is 61.1 Å². The van der Waals surface area contributed by atoms with Gasteiger partial charge in [0.2, 0.25) is 0 Å². The number of nitrogens with zero attached hydrogens (tertiary/aromatic N) is 4. The Morgan fingerprint density at radius 1 is 1.03 bits per heavy atom. The van der Waals surface area contributed by atoms with Gasteiger partial charge in [-0.25, -0.2) is 13.8 Å². The van der Waals surface area contributed by atoms with Crippen LogP contribution in [0.3, 0.4) is 0 Å². The number of nitrogens with one attached hydrogen (secondary N) is 1. The van der Waals surface area contributed by atoms with E-state index in [1.54, 1.807) is 35.3 Å². The molecule has 1 fully saturated rings. The van der Waals surface area contributed by atoms with Gasteiger partial charge in [-0.05, 0) is 48.5 Å². The molecule has 0 bridgehead atoms. The molecule has 7 nitrogen and oxygen atoms in total. The van der Waals surface area contributed by atoms with Crippen LogP contribution in [0.25, 0.3) is 22.3 Å². The van der Waals surface area contributed by atoms with Gasteiger partial charge in [0.25, 0.3) is 5.91 Å². The van der Waals surface area contributed by atoms with Crippen molar-refractivity contribution in [1.29, 1.82) is 0 Å². The lowest BCUT2D eigenvalue weighted by Crippen LogP contribution is -2.40. The number of pyridine rings is 1. The van der Waals surface area contributed by atoms with Crippen molar-refractivity contribution in [1.82, 2.24) is 25.0 Å². The molecular weight excluding hydrogens is 498 g/mol. The van der Waals surface area contributed by atoms with E-state index in [4.69, 9.17) is 17.3 Å². The van der Waals surface area contributed by atoms with E-state index in [0.717, 1.165) is 16.7 Å². The summed E-state index contributed by atoms with van der Waals surface area (Å²) in [5.74, 6) is -1.57. The van der Waals surface area contributed by atoms with Gasteiger partial charge in [0.15, 0.2) is 0 Å². The Balaban J connectivity index is 1.38. The Bertz CT molecular complexity index is 1490. The van der Waals surface area contributed by atoms with Gasteiger partial charge in [-0.2, -0.15) is 5.10 Å². The van der Waals surface area contributed by atoms with Gasteiger partial charge in [-0.3, -0.25) is 9.48 Å². The number of aromatic nitrogens is 3. The Morgan fingerprint density at radius 3 is 2.54 bits per heavy atom. The monoisotopic (exact) mass is 522 g/mol. The van der Waals surface area contributed by atoms with Crippen LogP contribution >= 0.6 is 11.6 Å². The van der Waals surface area contributed by atoms with Crippen LogP contribution in [-0.2, 0) is 7.05 Å². The largest absolute Gasteiger partial charge is 0.383 e. The second-order valence-corrected chi connectivity index (χ2v) is 9.74. The molecule has 10 heteroatoms. The van der Waals surface area contributed by atoms with E-state index in [9.17, 15) is 9.18 Å². The summed E-state index contributed by atoms with van der Waals surface area (Å²) < 4.78 is 30.5. The quantitative estimate of drug-likeness (QED) is 0.403. The Kier molecular flexibility index (Phi) is 6.66. The van der Waals surface area contributed by atoms with Crippen LogP contribution < -0.4 is 11.1 Å². The van der Waals surface area contributed by atoms with E-state index in [2.05, 4.69) is 20.3 Å². The highest BCUT2D eigenvalue weighted by Gasteiger charge is 2.34. The number of carbonyl (C=O) groups excluding carboxylic acids is 1. The van der Waals surface area contributed by atoms with Crippen LogP contribution in [0.1, 0.15) is 21.8 Å². The number of likely N-dealkylation sites (tertiary alicyclic amines) is 1. The van der Waals surface area contributed by atoms with Crippen molar-refractivity contribution in [3.8, 4) is 22.3 Å². The smallest absolute Gasteiger partial charge is 0.254 e. The predicted octanol–water partition coefficient (Wildman–Crippen LogP) is 4.49. The van der Waals surface area contributed by atoms with Crippen LogP contribution in [0, 0.1) is 11.6 Å². The number of halogens is 3. The summed E-state index contributed by atoms with van der Waals surface area (Å²) in [7, 11) is 3.74. The van der Waals surface area contributed by atoms with Gasteiger partial charge in [0, 0.05) is 61.2 Å². The first-order valence-electron chi connectivity index (χ1n) is 11.7. The molecule has 2 aromatic carbocycles. The minimum atomic E-state index is -0.672. The fraction of sp³-hybridized carbons (Fsp3) is 0.222. The summed E-state index contributed by atoms with van der Waals surface area (Å²) >= 11 is 5.98. The van der Waals surface area contributed by atoms with Crippen molar-refractivity contribution in [2.24, 2.45) is 7.05 Å². The fourth-order valence-electron chi connectivity index (χ4n) is 4.78. The molecule has 0 saturated carbocycles. The van der Waals surface area contributed by atoms with E-state index in [-0.39, 0.29) is 28.4 Å². The number of hydrogen-bond acceptors (Lipinski definition) is 5. The summed E-state index contributed by atoms with van der Waals surface area (Å²) in [5.41, 5.74) is 9.53. The second kappa shape index (κ2) is 9.91. The third-order valence-corrected chi connectivity index (χ3v) is 6.96. The number of rotatable bonds is 5. The second-order valence-electron chi connectivity index (χ2n) is 9.34. The predicted molar refractivity (Wildman–Crippen MR) is 139 cm³/mol. The average Bonchev–Trinajstić information content (AvgIpc) is 3.46. The zero-order valence-corrected chi connectivity index (χ0v) is 21.0. The van der Waals surface area contributed by atoms with Crippen molar-refractivity contribution < 1.29 is 13.6 Å². The minimum Gasteiger partial charge on any atom is -0.383 e. The molecule has 1 aliphatic rings. The van der Waals surface area contributed by atoms with Crippen molar-refractivity contribution in [3.63, 3.8) is 0 Å². The number of aryl methyl sites for hydroxylation is 1. The van der Waals surface area contributed by atoms with E-state index in [0.29, 0.717) is 24.2 Å². The SMILES string of the molecule is CN1C[C@@H](NC(=O)c2ccc(-c3cc(-c4cnn(C)c4)cnc3N)cc2F)[C@H](c2ccc(F)c(Cl)c2)C1. The standard InChI is InChI=1S/C27H25ClF2N6O/c1-35-13-21(15-4-6-23(29)22(28)8-15)25(14-35)34-27(37)19-5-3-16(9-24(19)30)20-7-17(10-32-26(20)31)18-11-33-36(2)12-18/h3-12,21,25H,13-14H2,1-2H3,(H2,31,32)(H,34,37)/t21-,25+/m0/s1. The van der Waals surface area contributed by atoms with Crippen LogP contribution in [0.5, 0.6) is 0 Å². The van der Waals surface area contributed by atoms with Crippen molar-refractivity contribution in [3.05, 3.63) is 88.8 Å². The van der Waals surface area contributed by atoms with Crippen LogP contribution in [0.4, 0.5) is 14.6 Å². The number of likely N-dealkylation sites (N-methyl/N-ethyl adjacent to an activating group) is 1. The molecule has 1 aliphatic heterocycles. The van der Waals surface area contributed by atoms with E-state index >= 15 is 4.39 Å². The Morgan fingerprint density at radius 2 is 1.84 bits per heavy atom. The number of anilines is 1. The Hall–Kier alpha value is -3.82. The normalized spacial score (nSPS) is 17.8. The molecule has 0 unspecified atom stereocenters. The zero-order chi connectivity index (χ0) is 26.3. The highest BCUT2D eigenvalue weighted by molar-refractivity contribution is 6.30. The number of nitrogens with two attached hydrogens (primary N) is 1. The lowest BCUT2D eigenvalue weighted by atomic mass is 9.94. The molecule has 0 radical (unpaired) electrons. The van der Waals surface area contributed by atoms with E-state index in [1.807, 2.05) is 26.4 Å². The number of hydrogen-bond donors (Lipinski definition) is 2. The number of nitrogen functional groups attached to an aromatic ring is 1. The van der Waals surface area contributed by atoms with Gasteiger partial charge in [-0.1, -0.05) is 23.7 Å². The molecular formula is C27H25ClF2N6O. The maximum atomic E-state index is 15.2. The fourth-order valence-corrected chi connectivity index (χ4v) is 4.96. The lowest BCUT2D eigenvalue weighted by molar-refractivity contribution is 0.0931. The molecule has 0 spiro atoms. The third kappa shape index (κ3) is 5.05. The lowest BCUT2D eigenvalue weighted by Gasteiger charge is -2.21. The first kappa shape index (κ1) is 24.9. The molecule has 1 amide bonds. The first-order chi connectivity index (χ1) is 17.7. The van der Waals surface area contributed by atoms with E-state index < -0.39 is 17.5 Å². The molecule has 3 N–H and O–H groups in total. The molecule has 5 rings (SSSR count).